The van der Waals surface area contributed by atoms with Crippen LogP contribution >= 0.6 is 11.8 Å². The molecule has 0 bridgehead atoms. The Morgan fingerprint density at radius 3 is 2.37 bits per heavy atom. The Kier molecular flexibility index (Phi) is 5.63. The quantitative estimate of drug-likeness (QED) is 0.252. The van der Waals surface area contributed by atoms with Gasteiger partial charge in [0.15, 0.2) is 5.16 Å². The summed E-state index contributed by atoms with van der Waals surface area (Å²) in [7, 11) is 0. The molecule has 2 nitrogen and oxygen atoms in total. The van der Waals surface area contributed by atoms with Gasteiger partial charge in [-0.25, -0.2) is 9.37 Å². The van der Waals surface area contributed by atoms with E-state index in [0.29, 0.717) is 27.9 Å². The number of nitrogens with zero attached hydrogens (tertiary/aromatic N) is 2. The zero-order valence-electron chi connectivity index (χ0n) is 15.6. The molecule has 0 unspecified atom stereocenters. The van der Waals surface area contributed by atoms with E-state index in [-0.39, 0.29) is 5.82 Å². The number of thioether (sulfide) groups is 1. The lowest BCUT2D eigenvalue weighted by atomic mass is 10.1. The van der Waals surface area contributed by atoms with Gasteiger partial charge in [0.2, 0.25) is 0 Å². The van der Waals surface area contributed by atoms with E-state index >= 15 is 0 Å². The van der Waals surface area contributed by atoms with Gasteiger partial charge in [0.1, 0.15) is 5.82 Å². The highest BCUT2D eigenvalue weighted by molar-refractivity contribution is 7.98. The molecule has 0 fully saturated rings. The van der Waals surface area contributed by atoms with Crippen molar-refractivity contribution in [1.29, 1.82) is 0 Å². The summed E-state index contributed by atoms with van der Waals surface area (Å²) in [5.41, 5.74) is 2.04. The number of alkyl halides is 3. The predicted molar refractivity (Wildman–Crippen MR) is 110 cm³/mol. The van der Waals surface area contributed by atoms with Crippen LogP contribution in [0.4, 0.5) is 17.6 Å². The first-order valence-electron chi connectivity index (χ1n) is 9.10. The van der Waals surface area contributed by atoms with Crippen LogP contribution in [0.3, 0.4) is 0 Å². The van der Waals surface area contributed by atoms with E-state index in [2.05, 4.69) is 4.98 Å². The highest BCUT2D eigenvalue weighted by Gasteiger charge is 2.30. The molecule has 0 amide bonds. The maximum atomic E-state index is 13.8. The molecule has 3 aromatic carbocycles. The normalized spacial score (nSPS) is 11.6. The van der Waals surface area contributed by atoms with Gasteiger partial charge in [-0.3, -0.25) is 4.57 Å². The van der Waals surface area contributed by atoms with Crippen molar-refractivity contribution in [2.45, 2.75) is 17.1 Å². The monoisotopic (exact) mass is 428 g/mol. The summed E-state index contributed by atoms with van der Waals surface area (Å²) in [6.45, 7) is 0. The Labute approximate surface area is 175 Å². The molecule has 1 aromatic heterocycles. The summed E-state index contributed by atoms with van der Waals surface area (Å²) in [4.78, 5) is 4.65. The third kappa shape index (κ3) is 4.57. The number of hydrogen-bond donors (Lipinski definition) is 0. The second-order valence-corrected chi connectivity index (χ2v) is 7.55. The minimum atomic E-state index is -4.39. The lowest BCUT2D eigenvalue weighted by Gasteiger charge is -2.10. The fraction of sp³-hybridized carbons (Fsp3) is 0.0870. The first-order valence-corrected chi connectivity index (χ1v) is 10.1. The van der Waals surface area contributed by atoms with Gasteiger partial charge in [0, 0.05) is 17.5 Å². The van der Waals surface area contributed by atoms with E-state index in [9.17, 15) is 17.6 Å². The van der Waals surface area contributed by atoms with Crippen LogP contribution < -0.4 is 0 Å². The first-order chi connectivity index (χ1) is 14.4. The van der Waals surface area contributed by atoms with Crippen LogP contribution in [0.5, 0.6) is 0 Å². The highest BCUT2D eigenvalue weighted by atomic mass is 32.2. The number of hydrogen-bond acceptors (Lipinski definition) is 2. The molecule has 7 heteroatoms. The number of benzene rings is 3. The SMILES string of the molecule is Fc1cccc(-n2cc(-c3ccccc3)nc2SCc2cccc(C(F)(F)F)c2)c1. The third-order valence-electron chi connectivity index (χ3n) is 4.45. The zero-order chi connectivity index (χ0) is 21.1. The first kappa shape index (κ1) is 20.2. The molecule has 1 heterocycles. The maximum absolute atomic E-state index is 13.8. The molecule has 4 aromatic rings. The largest absolute Gasteiger partial charge is 0.416 e. The summed E-state index contributed by atoms with van der Waals surface area (Å²) in [6, 6.07) is 20.9. The summed E-state index contributed by atoms with van der Waals surface area (Å²) in [5, 5.41) is 0.567. The van der Waals surface area contributed by atoms with Crippen LogP contribution in [0, 0.1) is 5.82 Å². The molecule has 0 aliphatic carbocycles. The molecule has 0 N–H and O–H groups in total. The van der Waals surface area contributed by atoms with Crippen molar-refractivity contribution < 1.29 is 17.6 Å². The van der Waals surface area contributed by atoms with E-state index in [0.717, 1.165) is 17.7 Å². The molecular weight excluding hydrogens is 412 g/mol. The number of imidazole rings is 1. The predicted octanol–water partition coefficient (Wildman–Crippen LogP) is 6.99. The van der Waals surface area contributed by atoms with Gasteiger partial charge >= 0.3 is 6.18 Å². The van der Waals surface area contributed by atoms with E-state index in [1.807, 2.05) is 30.3 Å². The minimum Gasteiger partial charge on any atom is -0.294 e. The summed E-state index contributed by atoms with van der Waals surface area (Å²) < 4.78 is 54.5. The van der Waals surface area contributed by atoms with Gasteiger partial charge in [0.25, 0.3) is 0 Å². The smallest absolute Gasteiger partial charge is 0.294 e. The van der Waals surface area contributed by atoms with Crippen LogP contribution in [0.1, 0.15) is 11.1 Å². The summed E-state index contributed by atoms with van der Waals surface area (Å²) in [6.07, 6.45) is -2.58. The van der Waals surface area contributed by atoms with Crippen molar-refractivity contribution in [2.75, 3.05) is 0 Å². The van der Waals surface area contributed by atoms with Gasteiger partial charge in [-0.05, 0) is 29.8 Å². The Balaban J connectivity index is 1.67. The Morgan fingerprint density at radius 2 is 1.63 bits per heavy atom. The zero-order valence-corrected chi connectivity index (χ0v) is 16.4. The average Bonchev–Trinajstić information content (AvgIpc) is 3.17. The van der Waals surface area contributed by atoms with Crippen LogP contribution in [-0.4, -0.2) is 9.55 Å². The van der Waals surface area contributed by atoms with E-state index in [4.69, 9.17) is 0 Å². The molecule has 30 heavy (non-hydrogen) atoms. The molecule has 0 radical (unpaired) electrons. The van der Waals surface area contributed by atoms with Crippen LogP contribution in [0.2, 0.25) is 0 Å². The molecule has 0 spiro atoms. The number of halogens is 4. The third-order valence-corrected chi connectivity index (χ3v) is 5.48. The molecule has 0 aliphatic heterocycles. The van der Waals surface area contributed by atoms with Crippen LogP contribution in [-0.2, 0) is 11.9 Å². The number of aromatic nitrogens is 2. The lowest BCUT2D eigenvalue weighted by molar-refractivity contribution is -0.137. The molecule has 0 atom stereocenters. The second kappa shape index (κ2) is 8.36. The average molecular weight is 428 g/mol. The standard InChI is InChI=1S/C23H16F4N2S/c24-19-10-5-11-20(13-19)29-14-21(17-7-2-1-3-8-17)28-22(29)30-15-16-6-4-9-18(12-16)23(25,26)27/h1-14H,15H2. The Bertz CT molecular complexity index is 1150. The molecule has 152 valence electrons. The molecule has 0 aliphatic rings. The topological polar surface area (TPSA) is 17.8 Å². The Hall–Kier alpha value is -3.06. The van der Waals surface area contributed by atoms with Gasteiger partial charge in [-0.1, -0.05) is 66.4 Å². The van der Waals surface area contributed by atoms with Gasteiger partial charge in [0.05, 0.1) is 16.9 Å². The van der Waals surface area contributed by atoms with Crippen molar-refractivity contribution in [3.05, 3.63) is 102 Å². The number of rotatable bonds is 5. The van der Waals surface area contributed by atoms with Crippen molar-refractivity contribution in [1.82, 2.24) is 9.55 Å². The van der Waals surface area contributed by atoms with E-state index < -0.39 is 11.7 Å². The molecular formula is C23H16F4N2S. The highest BCUT2D eigenvalue weighted by Crippen LogP contribution is 2.32. The minimum absolute atomic E-state index is 0.296. The summed E-state index contributed by atoms with van der Waals surface area (Å²) in [5.74, 6) is -0.0823. The molecule has 4 rings (SSSR count). The second-order valence-electron chi connectivity index (χ2n) is 6.61. The lowest BCUT2D eigenvalue weighted by Crippen LogP contribution is -2.05. The fourth-order valence-electron chi connectivity index (χ4n) is 3.01. The van der Waals surface area contributed by atoms with Crippen molar-refractivity contribution >= 4 is 11.8 Å². The van der Waals surface area contributed by atoms with Crippen molar-refractivity contribution in [3.63, 3.8) is 0 Å². The Morgan fingerprint density at radius 1 is 0.867 bits per heavy atom. The maximum Gasteiger partial charge on any atom is 0.416 e. The molecule has 0 saturated carbocycles. The van der Waals surface area contributed by atoms with E-state index in [1.165, 1.54) is 30.0 Å². The fourth-order valence-corrected chi connectivity index (χ4v) is 3.94. The van der Waals surface area contributed by atoms with Crippen LogP contribution in [0.25, 0.3) is 16.9 Å². The van der Waals surface area contributed by atoms with Crippen LogP contribution in [0.15, 0.2) is 90.2 Å². The molecule has 0 saturated heterocycles. The van der Waals surface area contributed by atoms with Gasteiger partial charge < -0.3 is 0 Å². The van der Waals surface area contributed by atoms with Crippen molar-refractivity contribution in [3.8, 4) is 16.9 Å². The van der Waals surface area contributed by atoms with Crippen molar-refractivity contribution in [2.24, 2.45) is 0 Å². The summed E-state index contributed by atoms with van der Waals surface area (Å²) >= 11 is 1.30. The van der Waals surface area contributed by atoms with Gasteiger partial charge in [-0.15, -0.1) is 0 Å². The van der Waals surface area contributed by atoms with Gasteiger partial charge in [-0.2, -0.15) is 13.2 Å². The van der Waals surface area contributed by atoms with E-state index in [1.54, 1.807) is 29.0 Å².